The summed E-state index contributed by atoms with van der Waals surface area (Å²) in [5.74, 6) is -2.16. The lowest BCUT2D eigenvalue weighted by molar-refractivity contribution is -0.138. The third-order valence-electron chi connectivity index (χ3n) is 6.61. The van der Waals surface area contributed by atoms with E-state index in [0.29, 0.717) is 91.4 Å². The predicted octanol–water partition coefficient (Wildman–Crippen LogP) is -3.23. The molecule has 3 aliphatic heterocycles. The molecule has 0 aromatic carbocycles. The molecular formula is C24H46N8O6. The summed E-state index contributed by atoms with van der Waals surface area (Å²) in [4.78, 5) is 47.1. The number of nitrogens with one attached hydrogen (secondary N) is 8. The van der Waals surface area contributed by atoms with E-state index in [-0.39, 0.29) is 37.5 Å². The van der Waals surface area contributed by atoms with Crippen molar-refractivity contribution in [3.8, 4) is 0 Å². The van der Waals surface area contributed by atoms with E-state index in [1.165, 1.54) is 0 Å². The molecule has 0 aromatic heterocycles. The van der Waals surface area contributed by atoms with Gasteiger partial charge in [0.25, 0.3) is 0 Å². The first-order chi connectivity index (χ1) is 18.2. The third-order valence-corrected chi connectivity index (χ3v) is 6.61. The minimum atomic E-state index is -0.911. The number of rotatable bonds is 10. The van der Waals surface area contributed by atoms with Crippen LogP contribution in [0.1, 0.15) is 38.5 Å². The van der Waals surface area contributed by atoms with Crippen LogP contribution in [-0.4, -0.2) is 124 Å². The lowest BCUT2D eigenvalue weighted by Crippen LogP contribution is -2.68. The van der Waals surface area contributed by atoms with Crippen LogP contribution >= 0.6 is 0 Å². The lowest BCUT2D eigenvalue weighted by Gasteiger charge is -2.39. The van der Waals surface area contributed by atoms with Crippen LogP contribution in [0.4, 0.5) is 0 Å². The van der Waals surface area contributed by atoms with Crippen molar-refractivity contribution in [1.29, 1.82) is 0 Å². The van der Waals surface area contributed by atoms with Gasteiger partial charge in [0.05, 0.1) is 11.1 Å². The van der Waals surface area contributed by atoms with Crippen molar-refractivity contribution >= 4 is 23.8 Å². The molecule has 0 spiro atoms. The molecule has 0 radical (unpaired) electrons. The summed E-state index contributed by atoms with van der Waals surface area (Å²) in [7, 11) is 0. The molecule has 3 rings (SSSR count). The van der Waals surface area contributed by atoms with Gasteiger partial charge in [0.1, 0.15) is 0 Å². The van der Waals surface area contributed by atoms with E-state index in [1.54, 1.807) is 0 Å². The monoisotopic (exact) mass is 542 g/mol. The van der Waals surface area contributed by atoms with Crippen molar-refractivity contribution in [1.82, 2.24) is 42.5 Å². The Hall–Kier alpha value is -2.36. The Kier molecular flexibility index (Phi) is 14.5. The Balaban J connectivity index is 2.08. The minimum Gasteiger partial charge on any atom is -0.481 e. The van der Waals surface area contributed by atoms with Crippen molar-refractivity contribution in [2.45, 2.75) is 49.6 Å². The molecule has 0 saturated carbocycles. The summed E-state index contributed by atoms with van der Waals surface area (Å²) in [6.07, 6.45) is 0.818. The molecule has 0 atom stereocenters. The first-order valence-corrected chi connectivity index (χ1v) is 13.5. The van der Waals surface area contributed by atoms with Gasteiger partial charge >= 0.3 is 11.9 Å². The molecule has 0 aromatic rings. The zero-order valence-electron chi connectivity index (χ0n) is 22.3. The first-order valence-electron chi connectivity index (χ1n) is 13.5. The van der Waals surface area contributed by atoms with Gasteiger partial charge in [-0.25, -0.2) is 0 Å². The standard InChI is InChI=1S/C24H46N8O6/c33-19(3-1-5-21(35)36)31-23-13-25-7-10-28-16-24(17-29-11-8-26-14-23,18-30-12-9-27-15-23)32-20(34)4-2-6-22(37)38/h25-30H,1-18H2,(H,31,33)(H,32,34)(H,35,36)(H,37,38). The van der Waals surface area contributed by atoms with Gasteiger partial charge < -0.3 is 52.7 Å². The normalized spacial score (nSPS) is 26.0. The third kappa shape index (κ3) is 12.9. The Morgan fingerprint density at radius 3 is 1.00 bits per heavy atom. The Morgan fingerprint density at radius 2 is 0.763 bits per heavy atom. The quantitative estimate of drug-likeness (QED) is 0.132. The van der Waals surface area contributed by atoms with Crippen LogP contribution in [0.25, 0.3) is 0 Å². The molecule has 14 heteroatoms. The number of aliphatic carboxylic acids is 2. The van der Waals surface area contributed by atoms with Crippen LogP contribution in [0, 0.1) is 0 Å². The second-order valence-corrected chi connectivity index (χ2v) is 10.2. The van der Waals surface area contributed by atoms with E-state index >= 15 is 0 Å². The zero-order chi connectivity index (χ0) is 27.7. The summed E-state index contributed by atoms with van der Waals surface area (Å²) >= 11 is 0. The van der Waals surface area contributed by atoms with E-state index in [4.69, 9.17) is 10.2 Å². The van der Waals surface area contributed by atoms with E-state index in [2.05, 4.69) is 42.5 Å². The van der Waals surface area contributed by atoms with Crippen molar-refractivity contribution in [3.05, 3.63) is 0 Å². The zero-order valence-corrected chi connectivity index (χ0v) is 22.3. The Labute approximate surface area is 224 Å². The fourth-order valence-corrected chi connectivity index (χ4v) is 4.65. The average Bonchev–Trinajstić information content (AvgIpc) is 2.84. The number of amides is 2. The number of carbonyl (C=O) groups is 4. The van der Waals surface area contributed by atoms with Crippen LogP contribution < -0.4 is 42.5 Å². The summed E-state index contributed by atoms with van der Waals surface area (Å²) in [6.45, 7) is 6.95. The van der Waals surface area contributed by atoms with Gasteiger partial charge in [-0.15, -0.1) is 0 Å². The maximum absolute atomic E-state index is 12.7. The van der Waals surface area contributed by atoms with Gasteiger partial charge in [0, 0.05) is 104 Å². The molecule has 10 N–H and O–H groups in total. The van der Waals surface area contributed by atoms with Crippen LogP contribution in [0.3, 0.4) is 0 Å². The van der Waals surface area contributed by atoms with Crippen molar-refractivity contribution in [2.24, 2.45) is 0 Å². The number of carboxylic acid groups (broad SMARTS) is 2. The summed E-state index contributed by atoms with van der Waals surface area (Å²) in [5, 5.41) is 44.7. The second kappa shape index (κ2) is 17.3. The first kappa shape index (κ1) is 31.9. The summed E-state index contributed by atoms with van der Waals surface area (Å²) in [6, 6.07) is 0. The molecule has 3 aliphatic rings. The van der Waals surface area contributed by atoms with Gasteiger partial charge in [-0.3, -0.25) is 19.2 Å². The SMILES string of the molecule is O=C(O)CCCC(=O)NC12CNCCNCC(NC(=O)CCCC(=O)O)(CNCCNC1)CNCCNC2. The second-order valence-electron chi connectivity index (χ2n) is 10.2. The lowest BCUT2D eigenvalue weighted by atomic mass is 9.96. The van der Waals surface area contributed by atoms with Crippen molar-refractivity contribution in [3.63, 3.8) is 0 Å². The van der Waals surface area contributed by atoms with Crippen molar-refractivity contribution < 1.29 is 29.4 Å². The Bertz CT molecular complexity index is 663. The number of hydrogen-bond donors (Lipinski definition) is 10. The highest BCUT2D eigenvalue weighted by atomic mass is 16.4. The van der Waals surface area contributed by atoms with Gasteiger partial charge in [-0.05, 0) is 12.8 Å². The summed E-state index contributed by atoms with van der Waals surface area (Å²) in [5.41, 5.74) is -1.19. The number of fused-ring (bicyclic) bond motifs is 15. The predicted molar refractivity (Wildman–Crippen MR) is 142 cm³/mol. The minimum absolute atomic E-state index is 0.0392. The smallest absolute Gasteiger partial charge is 0.303 e. The highest BCUT2D eigenvalue weighted by molar-refractivity contribution is 5.78. The Morgan fingerprint density at radius 1 is 0.500 bits per heavy atom. The van der Waals surface area contributed by atoms with E-state index in [9.17, 15) is 19.2 Å². The van der Waals surface area contributed by atoms with Crippen LogP contribution in [0.15, 0.2) is 0 Å². The molecule has 2 bridgehead atoms. The molecule has 2 amide bonds. The maximum atomic E-state index is 12.7. The van der Waals surface area contributed by atoms with Crippen LogP contribution in [0.2, 0.25) is 0 Å². The number of carbonyl (C=O) groups excluding carboxylic acids is 2. The maximum Gasteiger partial charge on any atom is 0.303 e. The highest BCUT2D eigenvalue weighted by Crippen LogP contribution is 2.07. The molecule has 3 fully saturated rings. The molecular weight excluding hydrogens is 496 g/mol. The average molecular weight is 543 g/mol. The molecule has 218 valence electrons. The molecule has 0 unspecified atom stereocenters. The van der Waals surface area contributed by atoms with Crippen molar-refractivity contribution in [2.75, 3.05) is 78.5 Å². The van der Waals surface area contributed by atoms with Crippen LogP contribution in [-0.2, 0) is 19.2 Å². The molecule has 0 aliphatic carbocycles. The van der Waals surface area contributed by atoms with Gasteiger partial charge in [0.15, 0.2) is 0 Å². The van der Waals surface area contributed by atoms with Gasteiger partial charge in [0.2, 0.25) is 11.8 Å². The number of carboxylic acids is 2. The molecule has 3 saturated heterocycles. The fraction of sp³-hybridized carbons (Fsp3) is 0.833. The molecule has 3 heterocycles. The van der Waals surface area contributed by atoms with Gasteiger partial charge in [-0.2, -0.15) is 0 Å². The van der Waals surface area contributed by atoms with Gasteiger partial charge in [-0.1, -0.05) is 0 Å². The highest BCUT2D eigenvalue weighted by Gasteiger charge is 2.33. The largest absolute Gasteiger partial charge is 0.481 e. The molecule has 38 heavy (non-hydrogen) atoms. The van der Waals surface area contributed by atoms with Crippen LogP contribution in [0.5, 0.6) is 0 Å². The fourth-order valence-electron chi connectivity index (χ4n) is 4.65. The summed E-state index contributed by atoms with van der Waals surface area (Å²) < 4.78 is 0. The van der Waals surface area contributed by atoms with E-state index in [1.807, 2.05) is 0 Å². The van der Waals surface area contributed by atoms with E-state index < -0.39 is 23.0 Å². The molecule has 14 nitrogen and oxygen atoms in total. The number of hydrogen-bond acceptors (Lipinski definition) is 10. The topological polar surface area (TPSA) is 205 Å². The van der Waals surface area contributed by atoms with E-state index in [0.717, 1.165) is 0 Å².